The number of nitrogens with zero attached hydrogens (tertiary/aromatic N) is 7. The summed E-state index contributed by atoms with van der Waals surface area (Å²) in [5.41, 5.74) is 20.0. The van der Waals surface area contributed by atoms with Gasteiger partial charge in [-0.25, -0.2) is 8.42 Å². The number of aliphatic imine (C=N–C) groups is 1. The van der Waals surface area contributed by atoms with Gasteiger partial charge in [-0.3, -0.25) is 29.1 Å². The Morgan fingerprint density at radius 1 is 0.434 bits per heavy atom. The molecule has 0 N–H and O–H groups in total. The van der Waals surface area contributed by atoms with Gasteiger partial charge in [0.2, 0.25) is 0 Å². The Kier molecular flexibility index (Phi) is 38.0. The maximum atomic E-state index is 14.3. The van der Waals surface area contributed by atoms with Crippen molar-refractivity contribution in [3.8, 4) is 34.5 Å². The minimum Gasteiger partial charge on any atom is -1.00 e. The van der Waals surface area contributed by atoms with Gasteiger partial charge in [0.1, 0.15) is 37.9 Å². The molecule has 0 saturated carbocycles. The molecule has 4 amide bonds. The molecule has 0 fully saturated rings. The van der Waals surface area contributed by atoms with Crippen LogP contribution in [0.5, 0.6) is 34.5 Å². The molecule has 1 unspecified atom stereocenters. The van der Waals surface area contributed by atoms with Crippen molar-refractivity contribution in [1.82, 2.24) is 0 Å². The quantitative estimate of drug-likeness (QED) is 0.0158. The minimum absolute atomic E-state index is 0. The molecule has 0 radical (unpaired) electrons. The molecule has 0 aromatic heterocycles. The average Bonchev–Trinajstić information content (AvgIpc) is 1.59. The number of rotatable bonds is 37. The number of carbonyl (C=O) groups excluding carboxylic acids is 4. The second-order valence-corrected chi connectivity index (χ2v) is 42.5. The van der Waals surface area contributed by atoms with Crippen molar-refractivity contribution in [2.75, 3.05) is 123 Å². The maximum absolute atomic E-state index is 14.3. The normalized spacial score (nSPS) is 16.9. The van der Waals surface area contributed by atoms with Crippen molar-refractivity contribution in [3.05, 3.63) is 277 Å². The average molecular weight is 2040 g/mol. The third kappa shape index (κ3) is 26.4. The zero-order valence-electron chi connectivity index (χ0n) is 83.9. The number of ether oxygens (including phenoxy) is 10. The molecule has 0 bridgehead atoms. The zero-order chi connectivity index (χ0) is 98.8. The standard InChI is InChI=1S/C55H63N3O10S2.C54H60N4O7S.CH4.2Na.O3S.H/c1-6-18-65-20-21-66-19-17-56(34-55(3,4)69)43-24-36(32-67-49-29-41-30-52(70(61,62)63)48-27-40-12-8-10-14-47(40)58(48)54(60)44(41)22-35(49)2)23-37(25-43)33-68-51-28-38-15-16-42-26-39-11-7-9-13-46(39)57(42)53(59)45(38)31-50(51)64-5;1-6-18-62-20-21-63-19-17-56(34-54(3,4)66)42-24-36(32-64-49-30-46-45(22-35(49)2)53(60)58-43(31-55-46)27-40-12-8-10-14-48(40)58)23-37(25-42)33-65-51-28-38-15-16-41-26-39-11-7-9-13-47(39)57(41)52(59)44(38)29-50(51)61-5;;;;1-4(2)3;/h7-14,22-25,28-29,31,42,48,52,69H,6,15-21,26-27,30,32-34H2,1-5H3,(H,61,62,63);7-14,22-25,28-31,41,43,66H,6,15-21,26-27,32-34H2,1-5H3;1H4;;;;/q;;;2*+1;;-1/p-1/t42-,48+,52?;41-,43+;;;;;/m11...../s1. The molecule has 8 heterocycles. The Hall–Kier alpha value is -9.78. The van der Waals surface area contributed by atoms with Crippen LogP contribution in [-0.2, 0) is 111 Å². The zero-order valence-corrected chi connectivity index (χ0v) is 90.3. The van der Waals surface area contributed by atoms with Crippen molar-refractivity contribution in [3.63, 3.8) is 0 Å². The number of carbonyl (C=O) groups is 4. The van der Waals surface area contributed by atoms with Crippen LogP contribution in [-0.4, -0.2) is 188 Å². The van der Waals surface area contributed by atoms with E-state index < -0.39 is 32.0 Å². The molecule has 18 rings (SSSR count). The van der Waals surface area contributed by atoms with Gasteiger partial charge < -0.3 is 77.8 Å². The number of fused-ring (bicyclic) bond motifs is 16. The molecule has 10 aromatic rings. The third-order valence-corrected chi connectivity index (χ3v) is 28.0. The van der Waals surface area contributed by atoms with E-state index in [1.807, 2.05) is 150 Å². The summed E-state index contributed by atoms with van der Waals surface area (Å²) in [7, 11) is -4.73. The van der Waals surface area contributed by atoms with E-state index in [4.69, 9.17) is 90.2 Å². The number of anilines is 6. The van der Waals surface area contributed by atoms with Crippen molar-refractivity contribution < 1.29 is 153 Å². The summed E-state index contributed by atoms with van der Waals surface area (Å²) < 4.78 is 125. The summed E-state index contributed by atoms with van der Waals surface area (Å²) in [5, 5.41) is -1.34. The van der Waals surface area contributed by atoms with Gasteiger partial charge in [-0.1, -0.05) is 94.1 Å². The number of aryl methyl sites for hydroxylation is 4. The van der Waals surface area contributed by atoms with Gasteiger partial charge >= 0.3 is 69.7 Å². The Balaban J connectivity index is 0.000000241. The number of thiol groups is 2. The monoisotopic (exact) mass is 2040 g/mol. The van der Waals surface area contributed by atoms with Gasteiger partial charge in [0, 0.05) is 130 Å². The van der Waals surface area contributed by atoms with Crippen LogP contribution in [0.4, 0.5) is 39.8 Å². The second kappa shape index (κ2) is 49.2. The Morgan fingerprint density at radius 2 is 0.790 bits per heavy atom. The molecule has 33 heteroatoms. The van der Waals surface area contributed by atoms with E-state index in [2.05, 4.69) is 99.9 Å². The van der Waals surface area contributed by atoms with Crippen molar-refractivity contribution in [1.29, 1.82) is 0 Å². The number of para-hydroxylation sites is 4. The fourth-order valence-electron chi connectivity index (χ4n) is 20.2. The fourth-order valence-corrected chi connectivity index (χ4v) is 21.6. The predicted octanol–water partition coefficient (Wildman–Crippen LogP) is 12.4. The molecular weight excluding hydrogens is 1910 g/mol. The van der Waals surface area contributed by atoms with Gasteiger partial charge in [-0.2, -0.15) is 25.3 Å². The molecule has 0 aliphatic carbocycles. The first kappa shape index (κ1) is 110. The Bertz CT molecular complexity index is 6560. The number of amides is 4. The van der Waals surface area contributed by atoms with Crippen LogP contribution in [0.2, 0.25) is 0 Å². The van der Waals surface area contributed by atoms with Gasteiger partial charge in [-0.05, 0) is 281 Å². The molecule has 8 aliphatic heterocycles. The SMILES string of the molecule is C.CCCOCCOCCN(CC(C)(C)S)c1cc(COc2cc3c(cc2C)C(=O)N2c4ccccc4C[C@H]2C(S(=O)(=O)[O-])C3)cc(COc2cc3c(cc2OC)C(=O)N2c4ccccc4C[C@H]2CC3)c1.CCCOCCOCCN(CC(C)(C)S)c1cc(COc2cc3c(cc2C)C(=O)N2c4ccccc4C[C@H]2C=N3)cc(COc2cc3c(cc2OC)C(=O)N2c4ccccc4C[C@H]2CC3)c1.O=S(=O)=O.[H-].[Na+].[Na+]. The fraction of sp³-hybridized carbons (Fsp3) is 0.409. The maximum Gasteiger partial charge on any atom is 1.00 e. The van der Waals surface area contributed by atoms with Crippen LogP contribution >= 0.6 is 25.3 Å². The third-order valence-electron chi connectivity index (χ3n) is 26.5. The smallest absolute Gasteiger partial charge is 1.00 e. The van der Waals surface area contributed by atoms with Crippen LogP contribution in [0.1, 0.15) is 190 Å². The Morgan fingerprint density at radius 3 is 1.21 bits per heavy atom. The molecule has 0 spiro atoms. The molecule has 10 aromatic carbocycles. The van der Waals surface area contributed by atoms with Crippen LogP contribution in [0.3, 0.4) is 0 Å². The number of hydrogen-bond acceptors (Lipinski definition) is 25. The molecule has 143 heavy (non-hydrogen) atoms. The topological polar surface area (TPSA) is 301 Å². The Labute approximate surface area is 898 Å². The summed E-state index contributed by atoms with van der Waals surface area (Å²) >= 11 is 9.89. The van der Waals surface area contributed by atoms with E-state index in [-0.39, 0.29) is 158 Å². The second-order valence-electron chi connectivity index (χ2n) is 38.1. The summed E-state index contributed by atoms with van der Waals surface area (Å²) in [6, 6.07) is 58.4. The minimum atomic E-state index is -4.81. The summed E-state index contributed by atoms with van der Waals surface area (Å²) in [4.78, 5) is 73.4. The summed E-state index contributed by atoms with van der Waals surface area (Å²) in [6.07, 6.45) is 9.52. The van der Waals surface area contributed by atoms with E-state index in [1.54, 1.807) is 32.4 Å². The molecule has 8 aliphatic rings. The first-order valence-electron chi connectivity index (χ1n) is 47.9. The van der Waals surface area contributed by atoms with Gasteiger partial charge in [-0.15, -0.1) is 12.6 Å². The van der Waals surface area contributed by atoms with E-state index in [1.165, 1.54) is 16.0 Å². The van der Waals surface area contributed by atoms with Gasteiger partial charge in [0.05, 0.1) is 92.6 Å². The molecule has 27 nitrogen and oxygen atoms in total. The van der Waals surface area contributed by atoms with Crippen molar-refractivity contribution in [2.45, 2.75) is 199 Å². The van der Waals surface area contributed by atoms with Crippen molar-refractivity contribution >= 4 is 116 Å². The largest absolute Gasteiger partial charge is 1.00 e. The molecule has 5 atom stereocenters. The first-order valence-corrected chi connectivity index (χ1v) is 51.3. The van der Waals surface area contributed by atoms with E-state index >= 15 is 0 Å². The number of hydrogen-bond donors (Lipinski definition) is 2. The van der Waals surface area contributed by atoms with Gasteiger partial charge in [0.25, 0.3) is 23.6 Å². The molecular formula is C110H127N7Na2O20S4. The predicted molar refractivity (Wildman–Crippen MR) is 555 cm³/mol. The van der Waals surface area contributed by atoms with Crippen LogP contribution in [0.15, 0.2) is 187 Å². The summed E-state index contributed by atoms with van der Waals surface area (Å²) in [6.45, 7) is 24.0. The number of methoxy groups -OCH3 is 2. The van der Waals surface area contributed by atoms with Gasteiger partial charge in [0.15, 0.2) is 23.0 Å². The van der Waals surface area contributed by atoms with E-state index in [0.717, 1.165) is 136 Å². The van der Waals surface area contributed by atoms with Crippen LogP contribution in [0, 0.1) is 13.8 Å². The van der Waals surface area contributed by atoms with E-state index in [0.29, 0.717) is 158 Å². The first-order chi connectivity index (χ1) is 67.3. The molecule has 0 saturated heterocycles. The molecule has 748 valence electrons. The van der Waals surface area contributed by atoms with Crippen LogP contribution < -0.4 is 117 Å². The van der Waals surface area contributed by atoms with Crippen molar-refractivity contribution in [2.24, 2.45) is 4.99 Å². The number of benzene rings is 10. The van der Waals surface area contributed by atoms with E-state index in [9.17, 15) is 32.1 Å². The summed E-state index contributed by atoms with van der Waals surface area (Å²) in [5.74, 6) is 2.79. The van der Waals surface area contributed by atoms with Crippen LogP contribution in [0.25, 0.3) is 0 Å².